The zero-order chi connectivity index (χ0) is 14.0. The number of hydrogen-bond donors (Lipinski definition) is 2. The van der Waals surface area contributed by atoms with Gasteiger partial charge < -0.3 is 15.5 Å². The van der Waals surface area contributed by atoms with Crippen LogP contribution in [0.25, 0.3) is 0 Å². The average molecular weight is 261 g/mol. The van der Waals surface area contributed by atoms with Crippen molar-refractivity contribution in [2.45, 2.75) is 26.3 Å². The minimum Gasteiger partial charge on any atom is -0.341 e. The summed E-state index contributed by atoms with van der Waals surface area (Å²) in [5.41, 5.74) is 3.26. The highest BCUT2D eigenvalue weighted by molar-refractivity contribution is 5.96. The molecule has 0 aliphatic carbocycles. The lowest BCUT2D eigenvalue weighted by Crippen LogP contribution is -2.41. The van der Waals surface area contributed by atoms with Crippen LogP contribution in [0.1, 0.15) is 17.5 Å². The molecule has 1 atom stereocenters. The lowest BCUT2D eigenvalue weighted by atomic mass is 10.1. The normalized spacial score (nSPS) is 18.6. The fourth-order valence-electron chi connectivity index (χ4n) is 2.20. The molecule has 3 amide bonds. The Morgan fingerprint density at radius 1 is 1.32 bits per heavy atom. The van der Waals surface area contributed by atoms with Crippen molar-refractivity contribution in [2.75, 3.05) is 18.5 Å². The Bertz CT molecular complexity index is 513. The maximum absolute atomic E-state index is 12.0. The number of benzene rings is 1. The van der Waals surface area contributed by atoms with Crippen LogP contribution < -0.4 is 15.5 Å². The molecule has 1 aliphatic rings. The van der Waals surface area contributed by atoms with E-state index in [0.29, 0.717) is 13.0 Å². The highest BCUT2D eigenvalue weighted by Gasteiger charge is 2.31. The van der Waals surface area contributed by atoms with E-state index in [0.717, 1.165) is 11.3 Å². The summed E-state index contributed by atoms with van der Waals surface area (Å²) in [5, 5.41) is 5.27. The van der Waals surface area contributed by atoms with Gasteiger partial charge in [-0.1, -0.05) is 6.07 Å². The van der Waals surface area contributed by atoms with Gasteiger partial charge >= 0.3 is 6.03 Å². The van der Waals surface area contributed by atoms with E-state index in [9.17, 15) is 9.59 Å². The molecule has 2 rings (SSSR count). The first-order valence-corrected chi connectivity index (χ1v) is 6.37. The minimum atomic E-state index is -0.250. The summed E-state index contributed by atoms with van der Waals surface area (Å²) in [6.45, 7) is 4.59. The van der Waals surface area contributed by atoms with Crippen LogP contribution in [-0.2, 0) is 4.79 Å². The van der Waals surface area contributed by atoms with Gasteiger partial charge in [-0.2, -0.15) is 0 Å². The highest BCUT2D eigenvalue weighted by atomic mass is 16.2. The van der Waals surface area contributed by atoms with Crippen LogP contribution in [0.4, 0.5) is 10.5 Å². The van der Waals surface area contributed by atoms with Crippen molar-refractivity contribution in [3.63, 3.8) is 0 Å². The number of nitrogens with one attached hydrogen (secondary N) is 2. The van der Waals surface area contributed by atoms with E-state index in [2.05, 4.69) is 10.6 Å². The molecule has 0 bridgehead atoms. The van der Waals surface area contributed by atoms with Crippen LogP contribution >= 0.6 is 0 Å². The highest BCUT2D eigenvalue weighted by Crippen LogP contribution is 2.23. The van der Waals surface area contributed by atoms with Crippen molar-refractivity contribution in [1.82, 2.24) is 10.6 Å². The van der Waals surface area contributed by atoms with Gasteiger partial charge in [0.2, 0.25) is 5.91 Å². The van der Waals surface area contributed by atoms with Gasteiger partial charge in [-0.05, 0) is 37.1 Å². The van der Waals surface area contributed by atoms with Crippen molar-refractivity contribution in [3.05, 3.63) is 29.3 Å². The van der Waals surface area contributed by atoms with E-state index in [1.807, 2.05) is 32.0 Å². The predicted molar refractivity (Wildman–Crippen MR) is 74.3 cm³/mol. The fourth-order valence-corrected chi connectivity index (χ4v) is 2.20. The van der Waals surface area contributed by atoms with E-state index in [4.69, 9.17) is 0 Å². The largest absolute Gasteiger partial charge is 0.341 e. The van der Waals surface area contributed by atoms with Gasteiger partial charge in [-0.15, -0.1) is 0 Å². The molecule has 0 saturated carbocycles. The van der Waals surface area contributed by atoms with Gasteiger partial charge in [-0.3, -0.25) is 4.79 Å². The van der Waals surface area contributed by atoms with Gasteiger partial charge in [-0.25, -0.2) is 4.79 Å². The zero-order valence-corrected chi connectivity index (χ0v) is 11.5. The number of aryl methyl sites for hydroxylation is 2. The SMILES string of the molecule is CNC(=O)NC1CC(=O)N(c2ccc(C)c(C)c2)C1. The Morgan fingerprint density at radius 2 is 2.05 bits per heavy atom. The molecule has 1 aliphatic heterocycles. The first kappa shape index (κ1) is 13.4. The predicted octanol–water partition coefficient (Wildman–Crippen LogP) is 1.34. The zero-order valence-electron chi connectivity index (χ0n) is 11.5. The molecule has 2 N–H and O–H groups in total. The van der Waals surface area contributed by atoms with E-state index >= 15 is 0 Å². The summed E-state index contributed by atoms with van der Waals surface area (Å²) in [5.74, 6) is 0.0460. The Hall–Kier alpha value is -2.04. The van der Waals surface area contributed by atoms with Crippen LogP contribution in [0.3, 0.4) is 0 Å². The molecule has 19 heavy (non-hydrogen) atoms. The molecule has 5 heteroatoms. The molecule has 1 heterocycles. The van der Waals surface area contributed by atoms with Crippen LogP contribution in [-0.4, -0.2) is 31.6 Å². The van der Waals surface area contributed by atoms with Crippen molar-refractivity contribution < 1.29 is 9.59 Å². The molecule has 0 aromatic heterocycles. The monoisotopic (exact) mass is 261 g/mol. The van der Waals surface area contributed by atoms with E-state index in [-0.39, 0.29) is 18.0 Å². The summed E-state index contributed by atoms with van der Waals surface area (Å²) in [6.07, 6.45) is 0.348. The maximum atomic E-state index is 12.0. The second-order valence-corrected chi connectivity index (χ2v) is 4.90. The number of rotatable bonds is 2. The van der Waals surface area contributed by atoms with Crippen molar-refractivity contribution >= 4 is 17.6 Å². The van der Waals surface area contributed by atoms with Crippen LogP contribution in [0.5, 0.6) is 0 Å². The minimum absolute atomic E-state index is 0.0460. The average Bonchev–Trinajstić information content (AvgIpc) is 2.73. The number of carbonyl (C=O) groups is 2. The van der Waals surface area contributed by atoms with Crippen molar-refractivity contribution in [1.29, 1.82) is 0 Å². The third kappa shape index (κ3) is 2.86. The van der Waals surface area contributed by atoms with E-state index in [1.54, 1.807) is 11.9 Å². The molecule has 1 saturated heterocycles. The number of nitrogens with zero attached hydrogens (tertiary/aromatic N) is 1. The smallest absolute Gasteiger partial charge is 0.314 e. The van der Waals surface area contributed by atoms with Crippen molar-refractivity contribution in [3.8, 4) is 0 Å². The molecule has 1 aromatic carbocycles. The molecular formula is C14H19N3O2. The molecule has 1 aromatic rings. The van der Waals surface area contributed by atoms with Gasteiger partial charge in [0, 0.05) is 25.7 Å². The first-order valence-electron chi connectivity index (χ1n) is 6.37. The second-order valence-electron chi connectivity index (χ2n) is 4.90. The molecule has 102 valence electrons. The molecule has 1 fully saturated rings. The van der Waals surface area contributed by atoms with Gasteiger partial charge in [0.15, 0.2) is 0 Å². The van der Waals surface area contributed by atoms with E-state index < -0.39 is 0 Å². The summed E-state index contributed by atoms with van der Waals surface area (Å²) < 4.78 is 0. The van der Waals surface area contributed by atoms with Crippen molar-refractivity contribution in [2.24, 2.45) is 0 Å². The topological polar surface area (TPSA) is 61.4 Å². The van der Waals surface area contributed by atoms with E-state index in [1.165, 1.54) is 5.56 Å². The second kappa shape index (κ2) is 5.30. The Kier molecular flexibility index (Phi) is 3.74. The molecule has 5 nitrogen and oxygen atoms in total. The maximum Gasteiger partial charge on any atom is 0.314 e. The van der Waals surface area contributed by atoms with Gasteiger partial charge in [0.25, 0.3) is 0 Å². The number of anilines is 1. The molecule has 0 spiro atoms. The summed E-state index contributed by atoms with van der Waals surface area (Å²) in [4.78, 5) is 25.0. The number of amides is 3. The lowest BCUT2D eigenvalue weighted by Gasteiger charge is -2.18. The first-order chi connectivity index (χ1) is 9.01. The Morgan fingerprint density at radius 3 is 2.68 bits per heavy atom. The molecule has 1 unspecified atom stereocenters. The third-order valence-corrected chi connectivity index (χ3v) is 3.49. The summed E-state index contributed by atoms with van der Waals surface area (Å²) in [6, 6.07) is 5.59. The van der Waals surface area contributed by atoms with Gasteiger partial charge in [0.1, 0.15) is 0 Å². The number of urea groups is 1. The standard InChI is InChI=1S/C14H19N3O2/c1-9-4-5-12(6-10(9)2)17-8-11(7-13(17)18)16-14(19)15-3/h4-6,11H,7-8H2,1-3H3,(H2,15,16,19). The van der Waals surface area contributed by atoms with Crippen LogP contribution in [0.2, 0.25) is 0 Å². The Labute approximate surface area is 113 Å². The van der Waals surface area contributed by atoms with Gasteiger partial charge in [0.05, 0.1) is 6.04 Å². The molecular weight excluding hydrogens is 242 g/mol. The Balaban J connectivity index is 2.11. The molecule has 0 radical (unpaired) electrons. The summed E-state index contributed by atoms with van der Waals surface area (Å²) >= 11 is 0. The van der Waals surface area contributed by atoms with Crippen LogP contribution in [0, 0.1) is 13.8 Å². The third-order valence-electron chi connectivity index (χ3n) is 3.49. The lowest BCUT2D eigenvalue weighted by molar-refractivity contribution is -0.117. The number of carbonyl (C=O) groups excluding carboxylic acids is 2. The summed E-state index contributed by atoms with van der Waals surface area (Å²) in [7, 11) is 1.56. The number of hydrogen-bond acceptors (Lipinski definition) is 2. The quantitative estimate of drug-likeness (QED) is 0.844. The van der Waals surface area contributed by atoms with Crippen LogP contribution in [0.15, 0.2) is 18.2 Å². The fraction of sp³-hybridized carbons (Fsp3) is 0.429.